The summed E-state index contributed by atoms with van der Waals surface area (Å²) in [4.78, 5) is 23.6. The van der Waals surface area contributed by atoms with E-state index in [1.807, 2.05) is 48.3 Å². The van der Waals surface area contributed by atoms with E-state index in [2.05, 4.69) is 20.9 Å². The molecule has 1 fully saturated rings. The number of aromatic nitrogens is 2. The third-order valence-corrected chi connectivity index (χ3v) is 8.45. The average Bonchev–Trinajstić information content (AvgIpc) is 2.93. The summed E-state index contributed by atoms with van der Waals surface area (Å²) in [5.41, 5.74) is 1.71. The lowest BCUT2D eigenvalue weighted by molar-refractivity contribution is -0.137. The molecule has 0 bridgehead atoms. The molecule has 2 N–H and O–H groups in total. The van der Waals surface area contributed by atoms with Crippen LogP contribution in [0.2, 0.25) is 0 Å². The van der Waals surface area contributed by atoms with Crippen LogP contribution in [0.25, 0.3) is 10.9 Å². The van der Waals surface area contributed by atoms with Gasteiger partial charge >= 0.3 is 5.97 Å². The summed E-state index contributed by atoms with van der Waals surface area (Å²) in [5.74, 6) is 1.80. The predicted octanol–water partition coefficient (Wildman–Crippen LogP) is 5.44. The van der Waals surface area contributed by atoms with Crippen molar-refractivity contribution in [3.05, 3.63) is 60.6 Å². The maximum atomic E-state index is 11.3. The standard InChI is InChI=1S/C29H37N3O4S/c1-36-23-7-8-27-26(18-23)25(11-14-31-27)28(33)9-5-21-12-16-32(20-22(21)6-10-29(34)35)15-3-17-37-24-4-2-13-30-19-24/h2,4,7-8,11,13-14,18-19,21-22,28,33H,3,5-6,9-10,12,15-17,20H2,1H3,(H,34,35)/t21-,22+,28?/m1/s1. The summed E-state index contributed by atoms with van der Waals surface area (Å²) in [7, 11) is 1.64. The number of benzene rings is 1. The van der Waals surface area contributed by atoms with Crippen molar-refractivity contribution in [2.24, 2.45) is 11.8 Å². The third kappa shape index (κ3) is 7.90. The highest BCUT2D eigenvalue weighted by Crippen LogP contribution is 2.35. The van der Waals surface area contributed by atoms with Gasteiger partial charge < -0.3 is 19.8 Å². The number of pyridine rings is 2. The highest BCUT2D eigenvalue weighted by molar-refractivity contribution is 7.99. The molecule has 3 heterocycles. The number of carbonyl (C=O) groups is 1. The van der Waals surface area contributed by atoms with Crippen molar-refractivity contribution in [3.8, 4) is 5.75 Å². The minimum atomic E-state index is -0.735. The Hall–Kier alpha value is -2.68. The van der Waals surface area contributed by atoms with Crippen LogP contribution in [-0.2, 0) is 4.79 Å². The van der Waals surface area contributed by atoms with Crippen LogP contribution in [0.15, 0.2) is 59.9 Å². The number of carboxylic acids is 1. The molecule has 7 nitrogen and oxygen atoms in total. The Labute approximate surface area is 223 Å². The van der Waals surface area contributed by atoms with Crippen molar-refractivity contribution in [1.82, 2.24) is 14.9 Å². The fourth-order valence-electron chi connectivity index (χ4n) is 5.38. The third-order valence-electron chi connectivity index (χ3n) is 7.38. The van der Waals surface area contributed by atoms with Gasteiger partial charge in [0.25, 0.3) is 0 Å². The largest absolute Gasteiger partial charge is 0.497 e. The molecule has 1 aliphatic heterocycles. The number of rotatable bonds is 13. The molecule has 8 heteroatoms. The van der Waals surface area contributed by atoms with E-state index in [1.54, 1.807) is 19.5 Å². The molecule has 0 saturated carbocycles. The normalized spacial score (nSPS) is 19.1. The summed E-state index contributed by atoms with van der Waals surface area (Å²) >= 11 is 1.83. The molecule has 3 atom stereocenters. The molecule has 0 radical (unpaired) electrons. The van der Waals surface area contributed by atoms with Crippen LogP contribution in [0.3, 0.4) is 0 Å². The first-order chi connectivity index (χ1) is 18.0. The number of fused-ring (bicyclic) bond motifs is 1. The molecule has 0 amide bonds. The first-order valence-corrected chi connectivity index (χ1v) is 14.1. The highest BCUT2D eigenvalue weighted by Gasteiger charge is 2.30. The first kappa shape index (κ1) is 27.4. The second-order valence-corrected chi connectivity index (χ2v) is 11.0. The summed E-state index contributed by atoms with van der Waals surface area (Å²) in [6, 6.07) is 11.7. The van der Waals surface area contributed by atoms with Crippen molar-refractivity contribution in [3.63, 3.8) is 0 Å². The lowest BCUT2D eigenvalue weighted by Gasteiger charge is -2.39. The Balaban J connectivity index is 1.32. The number of hydrogen-bond acceptors (Lipinski definition) is 7. The molecule has 198 valence electrons. The number of methoxy groups -OCH3 is 1. The van der Waals surface area contributed by atoms with E-state index in [0.717, 1.165) is 66.9 Å². The second-order valence-electron chi connectivity index (χ2n) is 9.81. The SMILES string of the molecule is COc1ccc2nccc(C(O)CC[C@@H]3CCN(CCCSc4cccnc4)C[C@@H]3CCC(=O)O)c2c1. The Morgan fingerprint density at radius 3 is 2.89 bits per heavy atom. The summed E-state index contributed by atoms with van der Waals surface area (Å²) in [6.07, 6.45) is 9.38. The zero-order valence-corrected chi connectivity index (χ0v) is 22.3. The van der Waals surface area contributed by atoms with Gasteiger partial charge in [0.15, 0.2) is 0 Å². The van der Waals surface area contributed by atoms with Gasteiger partial charge in [-0.05, 0) is 105 Å². The molecule has 0 aliphatic carbocycles. The number of carboxylic acid groups (broad SMARTS) is 1. The molecular weight excluding hydrogens is 486 g/mol. The van der Waals surface area contributed by atoms with Gasteiger partial charge in [0.1, 0.15) is 5.75 Å². The fraction of sp³-hybridized carbons (Fsp3) is 0.483. The molecule has 1 saturated heterocycles. The van der Waals surface area contributed by atoms with Gasteiger partial charge in [0, 0.05) is 41.8 Å². The van der Waals surface area contributed by atoms with Crippen molar-refractivity contribution in [1.29, 1.82) is 0 Å². The number of nitrogens with zero attached hydrogens (tertiary/aromatic N) is 3. The van der Waals surface area contributed by atoms with E-state index in [4.69, 9.17) is 4.74 Å². The highest BCUT2D eigenvalue weighted by atomic mass is 32.2. The van der Waals surface area contributed by atoms with Gasteiger partial charge in [0.2, 0.25) is 0 Å². The number of aliphatic hydroxyl groups is 1. The maximum Gasteiger partial charge on any atom is 0.303 e. The molecule has 2 aromatic heterocycles. The van der Waals surface area contributed by atoms with Crippen molar-refractivity contribution >= 4 is 28.6 Å². The van der Waals surface area contributed by atoms with Crippen molar-refractivity contribution < 1.29 is 19.7 Å². The van der Waals surface area contributed by atoms with Crippen LogP contribution in [0.4, 0.5) is 0 Å². The van der Waals surface area contributed by atoms with Crippen LogP contribution >= 0.6 is 11.8 Å². The summed E-state index contributed by atoms with van der Waals surface area (Å²) < 4.78 is 5.37. The zero-order chi connectivity index (χ0) is 26.0. The number of aliphatic carboxylic acids is 1. The molecule has 37 heavy (non-hydrogen) atoms. The Kier molecular flexibility index (Phi) is 10.2. The lowest BCUT2D eigenvalue weighted by atomic mass is 9.79. The number of likely N-dealkylation sites (tertiary alicyclic amines) is 1. The van der Waals surface area contributed by atoms with Gasteiger partial charge in [0.05, 0.1) is 18.7 Å². The predicted molar refractivity (Wildman–Crippen MR) is 147 cm³/mol. The quantitative estimate of drug-likeness (QED) is 0.226. The van der Waals surface area contributed by atoms with E-state index in [0.29, 0.717) is 24.7 Å². The van der Waals surface area contributed by atoms with E-state index in [9.17, 15) is 15.0 Å². The first-order valence-electron chi connectivity index (χ1n) is 13.1. The van der Waals surface area contributed by atoms with E-state index >= 15 is 0 Å². The molecule has 1 unspecified atom stereocenters. The maximum absolute atomic E-state index is 11.3. The molecule has 0 spiro atoms. The molecule has 3 aromatic rings. The van der Waals surface area contributed by atoms with E-state index < -0.39 is 12.1 Å². The summed E-state index contributed by atoms with van der Waals surface area (Å²) in [6.45, 7) is 2.98. The zero-order valence-electron chi connectivity index (χ0n) is 21.5. The monoisotopic (exact) mass is 523 g/mol. The van der Waals surface area contributed by atoms with Gasteiger partial charge in [-0.2, -0.15) is 0 Å². The minimum Gasteiger partial charge on any atom is -0.497 e. The van der Waals surface area contributed by atoms with Gasteiger partial charge in [-0.3, -0.25) is 14.8 Å². The molecule has 1 aliphatic rings. The lowest BCUT2D eigenvalue weighted by Crippen LogP contribution is -2.41. The Bertz CT molecular complexity index is 1150. The molecule has 1 aromatic carbocycles. The van der Waals surface area contributed by atoms with E-state index in [-0.39, 0.29) is 6.42 Å². The van der Waals surface area contributed by atoms with Gasteiger partial charge in [-0.15, -0.1) is 11.8 Å². The topological polar surface area (TPSA) is 95.8 Å². The van der Waals surface area contributed by atoms with Crippen LogP contribution in [0.1, 0.15) is 50.2 Å². The Morgan fingerprint density at radius 2 is 2.11 bits per heavy atom. The second kappa shape index (κ2) is 13.7. The fourth-order valence-corrected chi connectivity index (χ4v) is 6.20. The number of ether oxygens (including phenoxy) is 1. The minimum absolute atomic E-state index is 0.198. The van der Waals surface area contributed by atoms with Crippen LogP contribution in [0.5, 0.6) is 5.75 Å². The Morgan fingerprint density at radius 1 is 1.22 bits per heavy atom. The van der Waals surface area contributed by atoms with Crippen LogP contribution < -0.4 is 4.74 Å². The number of hydrogen-bond donors (Lipinski definition) is 2. The van der Waals surface area contributed by atoms with Crippen molar-refractivity contribution in [2.45, 2.75) is 49.5 Å². The number of piperidine rings is 1. The summed E-state index contributed by atoms with van der Waals surface area (Å²) in [5, 5.41) is 21.3. The van der Waals surface area contributed by atoms with E-state index in [1.165, 1.54) is 4.90 Å². The van der Waals surface area contributed by atoms with Crippen LogP contribution in [-0.4, -0.2) is 63.5 Å². The van der Waals surface area contributed by atoms with Gasteiger partial charge in [-0.25, -0.2) is 0 Å². The molecule has 4 rings (SSSR count). The average molecular weight is 524 g/mol. The van der Waals surface area contributed by atoms with Crippen molar-refractivity contribution in [2.75, 3.05) is 32.5 Å². The smallest absolute Gasteiger partial charge is 0.303 e. The van der Waals surface area contributed by atoms with Crippen LogP contribution in [0, 0.1) is 11.8 Å². The molecular formula is C29H37N3O4S. The number of aliphatic hydroxyl groups excluding tert-OH is 1. The number of thioether (sulfide) groups is 1. The van der Waals surface area contributed by atoms with Gasteiger partial charge in [-0.1, -0.05) is 0 Å².